The van der Waals surface area contributed by atoms with Crippen LogP contribution < -0.4 is 0 Å². The minimum absolute atomic E-state index is 0.0165. The zero-order valence-corrected chi connectivity index (χ0v) is 36.2. The van der Waals surface area contributed by atoms with Crippen LogP contribution in [0, 0.1) is 53.3 Å². The summed E-state index contributed by atoms with van der Waals surface area (Å²) in [5, 5.41) is 35.4. The summed E-state index contributed by atoms with van der Waals surface area (Å²) in [5.41, 5.74) is 0.461. The number of carbonyl (C=O) groups is 3. The fraction of sp³-hybridized carbons (Fsp3) is 0.766. The van der Waals surface area contributed by atoms with E-state index in [1.54, 1.807) is 24.3 Å². The molecule has 13 heteroatoms. The molecule has 0 bridgehead atoms. The average molecular weight is 839 g/mol. The van der Waals surface area contributed by atoms with Gasteiger partial charge >= 0.3 is 12.1 Å². The number of aryl methyl sites for hydroxylation is 1. The summed E-state index contributed by atoms with van der Waals surface area (Å²) in [5.74, 6) is -0.918. The average Bonchev–Trinajstić information content (AvgIpc) is 3.71. The van der Waals surface area contributed by atoms with Crippen molar-refractivity contribution in [1.82, 2.24) is 0 Å². The van der Waals surface area contributed by atoms with Crippen molar-refractivity contribution in [2.24, 2.45) is 46.3 Å². The molecule has 17 atom stereocenters. The summed E-state index contributed by atoms with van der Waals surface area (Å²) in [6, 6.07) is 6.86. The number of benzene rings is 1. The summed E-state index contributed by atoms with van der Waals surface area (Å²) < 4.78 is 42.5. The Morgan fingerprint density at radius 1 is 0.933 bits per heavy atom. The normalized spacial score (nSPS) is 44.0. The highest BCUT2D eigenvalue weighted by atomic mass is 16.8. The standard InChI is InChI=1S/C47H66O13/c1-24(2)8-15-34(49)27(5)47(53)37(21-33-31-14-13-29-20-30(48)16-18-45(29,6)32(31)17-19-46(33,47)7)57-42-26(4)38(35(50)22-54-42)59-43-40(39-36(23-55-43)56-44(52)60-39)58-41(51)28-11-9-25(3)10-12-28/h9-13,24,26-27,30-33,35-40,42-43,48,50,53H,8,14-23H2,1-7H3/t26?,27-,30+,31-,32?,33+,35?,36?,37+,38?,39?,40?,42?,43?,45+,46+,47-/m1/s1. The maximum atomic E-state index is 14.1. The molecule has 1 aromatic carbocycles. The number of hydrogen-bond donors (Lipinski definition) is 3. The summed E-state index contributed by atoms with van der Waals surface area (Å²) in [7, 11) is 0. The van der Waals surface area contributed by atoms with Crippen LogP contribution in [0.15, 0.2) is 35.9 Å². The van der Waals surface area contributed by atoms with Crippen LogP contribution >= 0.6 is 0 Å². The highest BCUT2D eigenvalue weighted by molar-refractivity contribution is 5.89. The Kier molecular flexibility index (Phi) is 12.1. The van der Waals surface area contributed by atoms with Crippen molar-refractivity contribution in [3.05, 3.63) is 47.0 Å². The molecule has 4 aliphatic carbocycles. The monoisotopic (exact) mass is 838 g/mol. The van der Waals surface area contributed by atoms with Gasteiger partial charge in [-0.25, -0.2) is 9.59 Å². The van der Waals surface area contributed by atoms with Gasteiger partial charge in [-0.2, -0.15) is 0 Å². The van der Waals surface area contributed by atoms with Gasteiger partial charge in [0.25, 0.3) is 0 Å². The zero-order valence-electron chi connectivity index (χ0n) is 36.2. The van der Waals surface area contributed by atoms with Crippen molar-refractivity contribution in [2.45, 2.75) is 167 Å². The molecule has 13 nitrogen and oxygen atoms in total. The minimum atomic E-state index is -1.51. The molecule has 9 unspecified atom stereocenters. The zero-order chi connectivity index (χ0) is 42.9. The largest absolute Gasteiger partial charge is 0.509 e. The Hall–Kier alpha value is -2.91. The highest BCUT2D eigenvalue weighted by Crippen LogP contribution is 2.69. The smallest absolute Gasteiger partial charge is 0.449 e. The van der Waals surface area contributed by atoms with Gasteiger partial charge in [0.15, 0.2) is 30.9 Å². The van der Waals surface area contributed by atoms with Crippen LogP contribution in [0.2, 0.25) is 0 Å². The topological polar surface area (TPSA) is 177 Å². The van der Waals surface area contributed by atoms with Gasteiger partial charge in [-0.3, -0.25) is 4.79 Å². The lowest BCUT2D eigenvalue weighted by molar-refractivity contribution is -0.328. The Morgan fingerprint density at radius 3 is 2.40 bits per heavy atom. The number of fused-ring (bicyclic) bond motifs is 6. The molecule has 6 fully saturated rings. The van der Waals surface area contributed by atoms with Crippen molar-refractivity contribution in [3.8, 4) is 0 Å². The first-order valence-corrected chi connectivity index (χ1v) is 22.4. The quantitative estimate of drug-likeness (QED) is 0.170. The van der Waals surface area contributed by atoms with E-state index < -0.39 is 84.2 Å². The van der Waals surface area contributed by atoms with E-state index in [0.717, 1.165) is 44.1 Å². The van der Waals surface area contributed by atoms with Crippen molar-refractivity contribution in [2.75, 3.05) is 13.2 Å². The molecule has 0 spiro atoms. The molecule has 3 N–H and O–H groups in total. The van der Waals surface area contributed by atoms with Crippen LogP contribution in [-0.4, -0.2) is 107 Å². The number of carbonyl (C=O) groups excluding carboxylic acids is 3. The molecule has 0 radical (unpaired) electrons. The van der Waals surface area contributed by atoms with Gasteiger partial charge in [0, 0.05) is 23.7 Å². The molecule has 3 aliphatic heterocycles. The molecule has 7 aliphatic rings. The van der Waals surface area contributed by atoms with E-state index in [9.17, 15) is 29.7 Å². The second-order valence-corrected chi connectivity index (χ2v) is 20.1. The molecular formula is C47H66O13. The molecular weight excluding hydrogens is 773 g/mol. The van der Waals surface area contributed by atoms with Gasteiger partial charge in [0.2, 0.25) is 0 Å². The SMILES string of the molecule is Cc1ccc(C(=O)OC2C(OC3C(O)COC(O[C@H]4C[C@H]5[C@@H]6CC=C7C[C@@H](O)CC[C@]7(C)C6CC[C@]5(C)[C@@]4(O)[C@H](C)C(=O)CCC(C)C)C3C)OCC3OC(=O)OC32)cc1. The fourth-order valence-corrected chi connectivity index (χ4v) is 12.5. The molecule has 0 amide bonds. The third-order valence-electron chi connectivity index (χ3n) is 16.2. The van der Waals surface area contributed by atoms with Gasteiger partial charge in [0.05, 0.1) is 37.1 Å². The summed E-state index contributed by atoms with van der Waals surface area (Å²) in [6.07, 6.45) is -0.360. The van der Waals surface area contributed by atoms with Crippen LogP contribution in [0.5, 0.6) is 0 Å². The third-order valence-corrected chi connectivity index (χ3v) is 16.2. The van der Waals surface area contributed by atoms with Crippen molar-refractivity contribution >= 4 is 17.9 Å². The fourth-order valence-electron chi connectivity index (χ4n) is 12.5. The van der Waals surface area contributed by atoms with E-state index in [1.165, 1.54) is 5.57 Å². The maximum Gasteiger partial charge on any atom is 0.509 e. The van der Waals surface area contributed by atoms with E-state index in [2.05, 4.69) is 33.8 Å². The van der Waals surface area contributed by atoms with E-state index in [0.29, 0.717) is 31.1 Å². The molecule has 3 heterocycles. The maximum absolute atomic E-state index is 14.1. The van der Waals surface area contributed by atoms with Gasteiger partial charge in [-0.15, -0.1) is 0 Å². The number of aliphatic hydroxyl groups is 3. The van der Waals surface area contributed by atoms with E-state index in [-0.39, 0.29) is 47.9 Å². The first-order chi connectivity index (χ1) is 28.4. The van der Waals surface area contributed by atoms with Gasteiger partial charge in [0.1, 0.15) is 17.5 Å². The predicted molar refractivity (Wildman–Crippen MR) is 216 cm³/mol. The summed E-state index contributed by atoms with van der Waals surface area (Å²) in [4.78, 5) is 39.8. The lowest BCUT2D eigenvalue weighted by Crippen LogP contribution is -2.62. The lowest BCUT2D eigenvalue weighted by Gasteiger charge is -2.59. The van der Waals surface area contributed by atoms with Gasteiger partial charge < -0.3 is 48.5 Å². The summed E-state index contributed by atoms with van der Waals surface area (Å²) >= 11 is 0. The first-order valence-electron chi connectivity index (χ1n) is 22.4. The van der Waals surface area contributed by atoms with Crippen LogP contribution in [0.25, 0.3) is 0 Å². The van der Waals surface area contributed by atoms with E-state index in [1.807, 2.05) is 20.8 Å². The molecule has 1 aromatic rings. The molecule has 8 rings (SSSR count). The predicted octanol–water partition coefficient (Wildman–Crippen LogP) is 6.21. The number of ether oxygens (including phenoxy) is 7. The van der Waals surface area contributed by atoms with Gasteiger partial charge in [-0.1, -0.05) is 70.9 Å². The second kappa shape index (κ2) is 16.7. The van der Waals surface area contributed by atoms with Gasteiger partial charge in [-0.05, 0) is 99.5 Å². The van der Waals surface area contributed by atoms with Crippen molar-refractivity contribution in [3.63, 3.8) is 0 Å². The van der Waals surface area contributed by atoms with E-state index >= 15 is 0 Å². The summed E-state index contributed by atoms with van der Waals surface area (Å²) in [6.45, 7) is 14.1. The van der Waals surface area contributed by atoms with Crippen molar-refractivity contribution < 1.29 is 62.9 Å². The number of ketones is 1. The molecule has 3 saturated carbocycles. The number of allylic oxidation sites excluding steroid dienone is 1. The number of aliphatic hydroxyl groups excluding tert-OH is 2. The molecule has 332 valence electrons. The second-order valence-electron chi connectivity index (χ2n) is 20.1. The number of esters is 1. The molecule has 3 saturated heterocycles. The Morgan fingerprint density at radius 2 is 1.67 bits per heavy atom. The molecule has 60 heavy (non-hydrogen) atoms. The van der Waals surface area contributed by atoms with Crippen LogP contribution in [-0.2, 0) is 38.0 Å². The number of Topliss-reactive ketones (excluding diaryl/α,β-unsaturated/α-hetero) is 1. The number of hydrogen-bond acceptors (Lipinski definition) is 13. The Labute approximate surface area is 353 Å². The van der Waals surface area contributed by atoms with Crippen LogP contribution in [0.4, 0.5) is 4.79 Å². The van der Waals surface area contributed by atoms with Crippen LogP contribution in [0.1, 0.15) is 115 Å². The highest BCUT2D eigenvalue weighted by Gasteiger charge is 2.70. The van der Waals surface area contributed by atoms with Crippen LogP contribution in [0.3, 0.4) is 0 Å². The Bertz CT molecular complexity index is 1800. The Balaban J connectivity index is 1.05. The lowest BCUT2D eigenvalue weighted by atomic mass is 9.46. The first kappa shape index (κ1) is 43.7. The third kappa shape index (κ3) is 7.55. The number of rotatable bonds is 11. The minimum Gasteiger partial charge on any atom is -0.449 e. The van der Waals surface area contributed by atoms with Crippen molar-refractivity contribution in [1.29, 1.82) is 0 Å². The van der Waals surface area contributed by atoms with E-state index in [4.69, 9.17) is 33.2 Å². The molecule has 0 aromatic heterocycles.